The van der Waals surface area contributed by atoms with Crippen molar-refractivity contribution in [3.8, 4) is 5.75 Å². The van der Waals surface area contributed by atoms with Crippen LogP contribution in [-0.2, 0) is 16.0 Å². The average molecular weight is 364 g/mol. The molecule has 1 aliphatic heterocycles. The van der Waals surface area contributed by atoms with Crippen molar-refractivity contribution in [3.63, 3.8) is 0 Å². The van der Waals surface area contributed by atoms with E-state index in [1.807, 2.05) is 24.3 Å². The second kappa shape index (κ2) is 11.3. The Hall–Kier alpha value is -2.32. The summed E-state index contributed by atoms with van der Waals surface area (Å²) in [6, 6.07) is 7.32. The Morgan fingerprint density at radius 3 is 2.65 bits per heavy atom. The van der Waals surface area contributed by atoms with Crippen molar-refractivity contribution in [1.29, 1.82) is 0 Å². The minimum absolute atomic E-state index is 0.0381. The van der Waals surface area contributed by atoms with Gasteiger partial charge in [0.1, 0.15) is 5.75 Å². The van der Waals surface area contributed by atoms with Gasteiger partial charge in [0.05, 0.1) is 26.9 Å². The molecule has 3 N–H and O–H groups in total. The molecule has 0 spiro atoms. The number of hydrogen-bond donors (Lipinski definition) is 3. The monoisotopic (exact) mass is 364 g/mol. The first-order valence-electron chi connectivity index (χ1n) is 8.89. The van der Waals surface area contributed by atoms with Gasteiger partial charge in [-0.15, -0.1) is 0 Å². The molecule has 26 heavy (non-hydrogen) atoms. The Kier molecular flexibility index (Phi) is 8.71. The molecular weight excluding hydrogens is 336 g/mol. The van der Waals surface area contributed by atoms with Crippen molar-refractivity contribution in [1.82, 2.24) is 20.9 Å². The third-order valence-electron chi connectivity index (χ3n) is 4.14. The fourth-order valence-electron chi connectivity index (χ4n) is 2.68. The number of hydrogen-bond acceptors (Lipinski definition) is 5. The van der Waals surface area contributed by atoms with Gasteiger partial charge in [0.2, 0.25) is 5.91 Å². The Balaban J connectivity index is 1.54. The van der Waals surface area contributed by atoms with Gasteiger partial charge >= 0.3 is 6.03 Å². The molecule has 0 atom stereocenters. The van der Waals surface area contributed by atoms with Crippen molar-refractivity contribution >= 4 is 11.9 Å². The van der Waals surface area contributed by atoms with E-state index in [4.69, 9.17) is 9.47 Å². The van der Waals surface area contributed by atoms with Crippen LogP contribution in [0, 0.1) is 0 Å². The van der Waals surface area contributed by atoms with Crippen LogP contribution in [0.25, 0.3) is 0 Å². The molecule has 0 bridgehead atoms. The van der Waals surface area contributed by atoms with E-state index in [-0.39, 0.29) is 18.5 Å². The summed E-state index contributed by atoms with van der Waals surface area (Å²) in [7, 11) is 1.62. The summed E-state index contributed by atoms with van der Waals surface area (Å²) in [5.41, 5.74) is 1.02. The lowest BCUT2D eigenvalue weighted by molar-refractivity contribution is -0.120. The molecule has 0 radical (unpaired) electrons. The second-order valence-electron chi connectivity index (χ2n) is 5.98. The number of carbonyl (C=O) groups is 2. The minimum atomic E-state index is -0.358. The molecule has 1 aromatic carbocycles. The Morgan fingerprint density at radius 1 is 1.12 bits per heavy atom. The lowest BCUT2D eigenvalue weighted by Gasteiger charge is -2.26. The smallest absolute Gasteiger partial charge is 0.315 e. The largest absolute Gasteiger partial charge is 0.496 e. The van der Waals surface area contributed by atoms with Crippen LogP contribution in [0.15, 0.2) is 24.3 Å². The maximum atomic E-state index is 11.8. The highest BCUT2D eigenvalue weighted by molar-refractivity contribution is 5.83. The van der Waals surface area contributed by atoms with Crippen molar-refractivity contribution in [3.05, 3.63) is 29.8 Å². The number of benzene rings is 1. The predicted molar refractivity (Wildman–Crippen MR) is 98.4 cm³/mol. The zero-order valence-electron chi connectivity index (χ0n) is 15.3. The quantitative estimate of drug-likeness (QED) is 0.573. The summed E-state index contributed by atoms with van der Waals surface area (Å²) >= 11 is 0. The van der Waals surface area contributed by atoms with Gasteiger partial charge in [0, 0.05) is 32.7 Å². The maximum Gasteiger partial charge on any atom is 0.315 e. The van der Waals surface area contributed by atoms with Crippen LogP contribution in [0.4, 0.5) is 4.79 Å². The van der Waals surface area contributed by atoms with Gasteiger partial charge < -0.3 is 25.4 Å². The van der Waals surface area contributed by atoms with Gasteiger partial charge in [0.25, 0.3) is 0 Å². The molecule has 1 saturated heterocycles. The van der Waals surface area contributed by atoms with Gasteiger partial charge in [-0.2, -0.15) is 0 Å². The van der Waals surface area contributed by atoms with E-state index >= 15 is 0 Å². The number of carbonyl (C=O) groups excluding carboxylic acids is 2. The van der Waals surface area contributed by atoms with E-state index in [2.05, 4.69) is 20.9 Å². The van der Waals surface area contributed by atoms with Gasteiger partial charge in [-0.05, 0) is 18.1 Å². The van der Waals surface area contributed by atoms with Crippen LogP contribution in [0.1, 0.15) is 5.56 Å². The second-order valence-corrected chi connectivity index (χ2v) is 5.98. The highest BCUT2D eigenvalue weighted by Crippen LogP contribution is 2.17. The topological polar surface area (TPSA) is 91.9 Å². The van der Waals surface area contributed by atoms with E-state index in [0.29, 0.717) is 19.5 Å². The first-order valence-corrected chi connectivity index (χ1v) is 8.89. The first-order chi connectivity index (χ1) is 12.7. The number of rotatable bonds is 9. The molecule has 0 aromatic heterocycles. The molecule has 1 aromatic rings. The molecule has 0 saturated carbocycles. The molecule has 144 valence electrons. The molecule has 8 nitrogen and oxygen atoms in total. The molecule has 3 amide bonds. The minimum Gasteiger partial charge on any atom is -0.496 e. The zero-order valence-corrected chi connectivity index (χ0v) is 15.3. The molecule has 1 fully saturated rings. The fourth-order valence-corrected chi connectivity index (χ4v) is 2.68. The molecule has 1 heterocycles. The van der Waals surface area contributed by atoms with Crippen LogP contribution in [0.2, 0.25) is 0 Å². The normalized spacial score (nSPS) is 14.5. The molecule has 8 heteroatoms. The number of nitrogens with zero attached hydrogens (tertiary/aromatic N) is 1. The van der Waals surface area contributed by atoms with Crippen molar-refractivity contribution in [2.75, 3.05) is 59.6 Å². The van der Waals surface area contributed by atoms with Crippen molar-refractivity contribution in [2.24, 2.45) is 0 Å². The highest BCUT2D eigenvalue weighted by atomic mass is 16.5. The molecule has 0 unspecified atom stereocenters. The van der Waals surface area contributed by atoms with Crippen LogP contribution in [0.3, 0.4) is 0 Å². The zero-order chi connectivity index (χ0) is 18.6. The van der Waals surface area contributed by atoms with E-state index < -0.39 is 0 Å². The summed E-state index contributed by atoms with van der Waals surface area (Å²) in [6.07, 6.45) is 0.656. The van der Waals surface area contributed by atoms with Crippen LogP contribution >= 0.6 is 0 Å². The summed E-state index contributed by atoms with van der Waals surface area (Å²) < 4.78 is 10.5. The van der Waals surface area contributed by atoms with E-state index in [9.17, 15) is 9.59 Å². The number of morpholine rings is 1. The SMILES string of the molecule is COc1ccccc1CCNC(=O)NCC(=O)NCCN1CCOCC1. The first kappa shape index (κ1) is 20.0. The van der Waals surface area contributed by atoms with Gasteiger partial charge in [-0.3, -0.25) is 9.69 Å². The number of ether oxygens (including phenoxy) is 2. The number of nitrogens with one attached hydrogen (secondary N) is 3. The lowest BCUT2D eigenvalue weighted by atomic mass is 10.1. The summed E-state index contributed by atoms with van der Waals surface area (Å²) in [6.45, 7) is 5.05. The van der Waals surface area contributed by atoms with E-state index in [1.54, 1.807) is 7.11 Å². The third kappa shape index (κ3) is 7.28. The van der Waals surface area contributed by atoms with Gasteiger partial charge in [-0.25, -0.2) is 4.79 Å². The van der Waals surface area contributed by atoms with Crippen molar-refractivity contribution in [2.45, 2.75) is 6.42 Å². The standard InChI is InChI=1S/C18H28N4O4/c1-25-16-5-3-2-4-15(16)6-7-20-18(24)21-14-17(23)19-8-9-22-10-12-26-13-11-22/h2-5H,6-14H2,1H3,(H,19,23)(H2,20,21,24). The van der Waals surface area contributed by atoms with Gasteiger partial charge in [-0.1, -0.05) is 18.2 Å². The van der Waals surface area contributed by atoms with Crippen LogP contribution in [0.5, 0.6) is 5.75 Å². The van der Waals surface area contributed by atoms with E-state index in [1.165, 1.54) is 0 Å². The Bertz CT molecular complexity index is 576. The fraction of sp³-hybridized carbons (Fsp3) is 0.556. The third-order valence-corrected chi connectivity index (χ3v) is 4.14. The molecular formula is C18H28N4O4. The molecule has 0 aliphatic carbocycles. The molecule has 1 aliphatic rings. The number of para-hydroxylation sites is 1. The molecule has 2 rings (SSSR count). The van der Waals surface area contributed by atoms with Crippen LogP contribution in [-0.4, -0.2) is 76.4 Å². The van der Waals surface area contributed by atoms with Gasteiger partial charge in [0.15, 0.2) is 0 Å². The predicted octanol–water partition coefficient (Wildman–Crippen LogP) is -0.0147. The lowest BCUT2D eigenvalue weighted by Crippen LogP contribution is -2.45. The number of urea groups is 1. The summed E-state index contributed by atoms with van der Waals surface area (Å²) in [5.74, 6) is 0.604. The van der Waals surface area contributed by atoms with E-state index in [0.717, 1.165) is 44.2 Å². The Morgan fingerprint density at radius 2 is 1.88 bits per heavy atom. The highest BCUT2D eigenvalue weighted by Gasteiger charge is 2.10. The van der Waals surface area contributed by atoms with Crippen molar-refractivity contribution < 1.29 is 19.1 Å². The average Bonchev–Trinajstić information content (AvgIpc) is 2.67. The number of amides is 3. The maximum absolute atomic E-state index is 11.8. The van der Waals surface area contributed by atoms with Crippen LogP contribution < -0.4 is 20.7 Å². The Labute approximate surface area is 154 Å². The number of methoxy groups -OCH3 is 1. The summed E-state index contributed by atoms with van der Waals surface area (Å²) in [4.78, 5) is 25.8. The summed E-state index contributed by atoms with van der Waals surface area (Å²) in [5, 5.41) is 8.10.